The number of rotatable bonds is 5. The molecule has 0 aliphatic heterocycles. The van der Waals surface area contributed by atoms with Crippen molar-refractivity contribution in [2.24, 2.45) is 5.41 Å². The third-order valence-electron chi connectivity index (χ3n) is 5.81. The molecular weight excluding hydrogens is 334 g/mol. The molecule has 0 spiro atoms. The van der Waals surface area contributed by atoms with E-state index in [0.717, 1.165) is 16.5 Å². The predicted molar refractivity (Wildman–Crippen MR) is 97.3 cm³/mol. The van der Waals surface area contributed by atoms with Crippen molar-refractivity contribution in [1.29, 1.82) is 0 Å². The molecular formula is C20H25NO5. The molecule has 6 nitrogen and oxygen atoms in total. The zero-order valence-electron chi connectivity index (χ0n) is 15.8. The standard InChI is InChI=1S/C20H25NO5/c1-6-25-16-10-20(18(23)24,19(16,4)5)21-17(22)15-9-13-7-11(2)12(3)8-14(13)26-15/h7-9,16H,6,10H2,1-5H3,(H,21,22)(H,23,24). The van der Waals surface area contributed by atoms with Crippen LogP contribution >= 0.6 is 0 Å². The molecule has 2 atom stereocenters. The largest absolute Gasteiger partial charge is 0.479 e. The molecule has 1 aromatic heterocycles. The Morgan fingerprint density at radius 2 is 1.92 bits per heavy atom. The Morgan fingerprint density at radius 3 is 2.50 bits per heavy atom. The number of ether oxygens (including phenoxy) is 1. The number of aryl methyl sites for hydroxylation is 2. The Bertz CT molecular complexity index is 843. The summed E-state index contributed by atoms with van der Waals surface area (Å²) in [5, 5.41) is 13.3. The molecule has 1 aliphatic rings. The van der Waals surface area contributed by atoms with Crippen LogP contribution in [-0.2, 0) is 9.53 Å². The molecule has 2 aromatic rings. The van der Waals surface area contributed by atoms with Gasteiger partial charge in [-0.2, -0.15) is 0 Å². The first-order chi connectivity index (χ1) is 12.1. The first kappa shape index (κ1) is 18.5. The molecule has 1 fully saturated rings. The number of carboxylic acids is 1. The summed E-state index contributed by atoms with van der Waals surface area (Å²) in [6, 6.07) is 5.49. The minimum Gasteiger partial charge on any atom is -0.479 e. The molecule has 1 heterocycles. The normalized spacial score (nSPS) is 24.3. The lowest BCUT2D eigenvalue weighted by Gasteiger charge is -2.58. The van der Waals surface area contributed by atoms with E-state index < -0.39 is 22.8 Å². The summed E-state index contributed by atoms with van der Waals surface area (Å²) in [5.74, 6) is -1.47. The number of carbonyl (C=O) groups is 2. The SMILES string of the molecule is CCOC1CC(NC(=O)c2cc3cc(C)c(C)cc3o2)(C(=O)O)C1(C)C. The van der Waals surface area contributed by atoms with Crippen molar-refractivity contribution in [2.45, 2.75) is 52.7 Å². The van der Waals surface area contributed by atoms with E-state index in [1.807, 2.05) is 32.9 Å². The summed E-state index contributed by atoms with van der Waals surface area (Å²) >= 11 is 0. The topological polar surface area (TPSA) is 88.8 Å². The van der Waals surface area contributed by atoms with Crippen LogP contribution in [0.15, 0.2) is 22.6 Å². The zero-order chi connectivity index (χ0) is 19.3. The number of hydrogen-bond donors (Lipinski definition) is 2. The van der Waals surface area contributed by atoms with Crippen LogP contribution in [0.2, 0.25) is 0 Å². The third-order valence-corrected chi connectivity index (χ3v) is 5.81. The number of carbonyl (C=O) groups excluding carboxylic acids is 1. The molecule has 0 saturated heterocycles. The van der Waals surface area contributed by atoms with E-state index in [4.69, 9.17) is 9.15 Å². The van der Waals surface area contributed by atoms with Gasteiger partial charge in [0.05, 0.1) is 6.10 Å². The molecule has 3 rings (SSSR count). The summed E-state index contributed by atoms with van der Waals surface area (Å²) in [5.41, 5.74) is 0.674. The van der Waals surface area contributed by atoms with Gasteiger partial charge in [0, 0.05) is 23.8 Å². The van der Waals surface area contributed by atoms with E-state index in [0.29, 0.717) is 12.2 Å². The number of carboxylic acid groups (broad SMARTS) is 1. The minimum absolute atomic E-state index is 0.112. The van der Waals surface area contributed by atoms with Crippen LogP contribution in [0.4, 0.5) is 0 Å². The van der Waals surface area contributed by atoms with E-state index in [9.17, 15) is 14.7 Å². The van der Waals surface area contributed by atoms with Crippen LogP contribution in [0.5, 0.6) is 0 Å². The lowest BCUT2D eigenvalue weighted by atomic mass is 9.54. The Labute approximate surface area is 152 Å². The first-order valence-electron chi connectivity index (χ1n) is 8.80. The average Bonchev–Trinajstić information content (AvgIpc) is 2.96. The molecule has 0 bridgehead atoms. The molecule has 2 unspecified atom stereocenters. The maximum absolute atomic E-state index is 12.7. The molecule has 1 amide bonds. The van der Waals surface area contributed by atoms with E-state index in [-0.39, 0.29) is 18.3 Å². The van der Waals surface area contributed by atoms with Crippen molar-refractivity contribution in [3.63, 3.8) is 0 Å². The second-order valence-corrected chi connectivity index (χ2v) is 7.62. The maximum Gasteiger partial charge on any atom is 0.330 e. The Kier molecular flexibility index (Phi) is 4.35. The summed E-state index contributed by atoms with van der Waals surface area (Å²) < 4.78 is 11.3. The van der Waals surface area contributed by atoms with Gasteiger partial charge in [0.2, 0.25) is 0 Å². The highest BCUT2D eigenvalue weighted by molar-refractivity contribution is 5.99. The van der Waals surface area contributed by atoms with E-state index in [1.54, 1.807) is 19.9 Å². The highest BCUT2D eigenvalue weighted by Gasteiger charge is 2.66. The number of amides is 1. The van der Waals surface area contributed by atoms with Gasteiger partial charge in [-0.3, -0.25) is 4.79 Å². The van der Waals surface area contributed by atoms with E-state index >= 15 is 0 Å². The molecule has 0 radical (unpaired) electrons. The minimum atomic E-state index is -1.38. The second kappa shape index (κ2) is 6.13. The fourth-order valence-corrected chi connectivity index (χ4v) is 3.71. The summed E-state index contributed by atoms with van der Waals surface area (Å²) in [6.07, 6.45) is 0.0118. The summed E-state index contributed by atoms with van der Waals surface area (Å²) in [7, 11) is 0. The van der Waals surface area contributed by atoms with Crippen LogP contribution in [0.1, 0.15) is 48.9 Å². The fourth-order valence-electron chi connectivity index (χ4n) is 3.71. The Hall–Kier alpha value is -2.34. The van der Waals surface area contributed by atoms with Crippen molar-refractivity contribution < 1.29 is 23.8 Å². The van der Waals surface area contributed by atoms with E-state index in [1.165, 1.54) is 0 Å². The van der Waals surface area contributed by atoms with Gasteiger partial charge in [-0.15, -0.1) is 0 Å². The van der Waals surface area contributed by atoms with Crippen LogP contribution in [0, 0.1) is 19.3 Å². The van der Waals surface area contributed by atoms with Gasteiger partial charge in [-0.05, 0) is 50.1 Å². The van der Waals surface area contributed by atoms with Gasteiger partial charge in [-0.1, -0.05) is 13.8 Å². The lowest BCUT2D eigenvalue weighted by molar-refractivity contribution is -0.190. The Morgan fingerprint density at radius 1 is 1.27 bits per heavy atom. The monoisotopic (exact) mass is 359 g/mol. The quantitative estimate of drug-likeness (QED) is 0.854. The average molecular weight is 359 g/mol. The molecule has 1 aliphatic carbocycles. The number of fused-ring (bicyclic) bond motifs is 1. The molecule has 26 heavy (non-hydrogen) atoms. The number of hydrogen-bond acceptors (Lipinski definition) is 4. The number of benzene rings is 1. The molecule has 140 valence electrons. The molecule has 1 aromatic carbocycles. The Balaban J connectivity index is 1.89. The maximum atomic E-state index is 12.7. The third kappa shape index (κ3) is 2.60. The van der Waals surface area contributed by atoms with Crippen molar-refractivity contribution in [2.75, 3.05) is 6.61 Å². The molecule has 1 saturated carbocycles. The van der Waals surface area contributed by atoms with Crippen molar-refractivity contribution in [3.8, 4) is 0 Å². The molecule has 6 heteroatoms. The highest BCUT2D eigenvalue weighted by Crippen LogP contribution is 2.51. The lowest BCUT2D eigenvalue weighted by Crippen LogP contribution is -2.76. The molecule has 2 N–H and O–H groups in total. The van der Waals surface area contributed by atoms with Gasteiger partial charge in [0.25, 0.3) is 5.91 Å². The number of aliphatic carboxylic acids is 1. The van der Waals surface area contributed by atoms with Gasteiger partial charge in [0.1, 0.15) is 11.1 Å². The van der Waals surface area contributed by atoms with E-state index in [2.05, 4.69) is 5.32 Å². The van der Waals surface area contributed by atoms with Crippen LogP contribution < -0.4 is 5.32 Å². The van der Waals surface area contributed by atoms with Gasteiger partial charge >= 0.3 is 5.97 Å². The van der Waals surface area contributed by atoms with Crippen LogP contribution in [0.3, 0.4) is 0 Å². The van der Waals surface area contributed by atoms with Crippen molar-refractivity contribution in [3.05, 3.63) is 35.1 Å². The van der Waals surface area contributed by atoms with Crippen molar-refractivity contribution >= 4 is 22.8 Å². The van der Waals surface area contributed by atoms with Gasteiger partial charge in [0.15, 0.2) is 5.76 Å². The van der Waals surface area contributed by atoms with Crippen LogP contribution in [0.25, 0.3) is 11.0 Å². The predicted octanol–water partition coefficient (Wildman–Crippen LogP) is 3.44. The van der Waals surface area contributed by atoms with Gasteiger partial charge in [-0.25, -0.2) is 4.79 Å². The van der Waals surface area contributed by atoms with Crippen molar-refractivity contribution in [1.82, 2.24) is 5.32 Å². The zero-order valence-corrected chi connectivity index (χ0v) is 15.8. The number of nitrogens with one attached hydrogen (secondary N) is 1. The first-order valence-corrected chi connectivity index (χ1v) is 8.80. The summed E-state index contributed by atoms with van der Waals surface area (Å²) in [4.78, 5) is 24.7. The smallest absolute Gasteiger partial charge is 0.330 e. The number of furan rings is 1. The van der Waals surface area contributed by atoms with Gasteiger partial charge < -0.3 is 19.6 Å². The highest BCUT2D eigenvalue weighted by atomic mass is 16.5. The fraction of sp³-hybridized carbons (Fsp3) is 0.500. The van der Waals surface area contributed by atoms with Crippen LogP contribution in [-0.4, -0.2) is 35.2 Å². The second-order valence-electron chi connectivity index (χ2n) is 7.62. The summed E-state index contributed by atoms with van der Waals surface area (Å²) in [6.45, 7) is 9.94.